The predicted octanol–water partition coefficient (Wildman–Crippen LogP) is 4.77. The van der Waals surface area contributed by atoms with Crippen LogP contribution in [0, 0.1) is 0 Å². The zero-order valence-electron chi connectivity index (χ0n) is 52.1. The van der Waals surface area contributed by atoms with Crippen molar-refractivity contribution in [2.45, 2.75) is 101 Å². The molecule has 0 bridgehead atoms. The summed E-state index contributed by atoms with van der Waals surface area (Å²) in [6.07, 6.45) is 6.31. The van der Waals surface area contributed by atoms with Gasteiger partial charge in [0.2, 0.25) is 23.6 Å². The van der Waals surface area contributed by atoms with E-state index in [2.05, 4.69) is 47.5 Å². The highest BCUT2D eigenvalue weighted by atomic mass is 16.5. The second-order valence-corrected chi connectivity index (χ2v) is 21.5. The maximum Gasteiger partial charge on any atom is 0.255 e. The quantitative estimate of drug-likeness (QED) is 0.0234. The number of fused-ring (bicyclic) bond motifs is 1. The fourth-order valence-corrected chi connectivity index (χ4v) is 10.0. The summed E-state index contributed by atoms with van der Waals surface area (Å²) >= 11 is 0. The molecule has 0 aliphatic heterocycles. The van der Waals surface area contributed by atoms with Crippen molar-refractivity contribution < 1.29 is 62.1 Å². The Hall–Kier alpha value is -10.1. The van der Waals surface area contributed by atoms with Crippen molar-refractivity contribution in [2.24, 2.45) is 28.7 Å². The van der Waals surface area contributed by atoms with E-state index < -0.39 is 77.3 Å². The van der Waals surface area contributed by atoms with Gasteiger partial charge < -0.3 is 95.1 Å². The Morgan fingerprint density at radius 2 is 0.663 bits per heavy atom. The molecule has 0 aliphatic rings. The summed E-state index contributed by atoms with van der Waals surface area (Å²) in [5, 5.41) is 23.0. The molecule has 19 N–H and O–H groups in total. The number of H-pyrrole nitrogens is 1. The van der Waals surface area contributed by atoms with Gasteiger partial charge in [-0.1, -0.05) is 18.2 Å². The molecule has 0 radical (unpaired) electrons. The van der Waals surface area contributed by atoms with Crippen LogP contribution in [0.1, 0.15) is 129 Å². The Bertz CT molecular complexity index is 3560. The zero-order valence-corrected chi connectivity index (χ0v) is 52.1. The number of primary amides is 1. The number of aromatic nitrogens is 1. The van der Waals surface area contributed by atoms with E-state index in [-0.39, 0.29) is 93.7 Å². The number of nitrogens with one attached hydrogen (secondary N) is 9. The normalized spacial score (nSPS) is 12.2. The predicted molar refractivity (Wildman–Crippen MR) is 350 cm³/mol. The molecule has 1 aromatic heterocycles. The number of amides is 9. The number of aromatic amines is 1. The van der Waals surface area contributed by atoms with Crippen LogP contribution in [0.3, 0.4) is 0 Å². The number of carbonyl (C=O) groups excluding carboxylic acids is 9. The van der Waals surface area contributed by atoms with Crippen LogP contribution in [-0.2, 0) is 19.2 Å². The smallest absolute Gasteiger partial charge is 0.255 e. The number of ether oxygens (including phenoxy) is 4. The third-order valence-electron chi connectivity index (χ3n) is 15.0. The average molecular weight is 1270 g/mol. The number of para-hydroxylation sites is 1. The van der Waals surface area contributed by atoms with Gasteiger partial charge in [-0.2, -0.15) is 0 Å². The van der Waals surface area contributed by atoms with E-state index in [9.17, 15) is 43.2 Å². The molecule has 6 rings (SSSR count). The molecule has 27 nitrogen and oxygen atoms in total. The van der Waals surface area contributed by atoms with E-state index in [0.717, 1.165) is 5.52 Å². The van der Waals surface area contributed by atoms with E-state index in [1.165, 1.54) is 101 Å². The summed E-state index contributed by atoms with van der Waals surface area (Å²) in [6, 6.07) is 20.2. The molecule has 4 unspecified atom stereocenters. The second kappa shape index (κ2) is 35.9. The molecule has 4 atom stereocenters. The number of nitrogens with two attached hydrogens (primary N) is 5. The van der Waals surface area contributed by atoms with Crippen molar-refractivity contribution >= 4 is 86.8 Å². The largest absolute Gasteiger partial charge is 0.496 e. The average Bonchev–Trinajstić information content (AvgIpc) is 3.85. The van der Waals surface area contributed by atoms with E-state index in [1.54, 1.807) is 12.3 Å². The van der Waals surface area contributed by atoms with Crippen molar-refractivity contribution in [1.82, 2.24) is 26.3 Å². The maximum atomic E-state index is 14.4. The first-order valence-electron chi connectivity index (χ1n) is 30.3. The van der Waals surface area contributed by atoms with Crippen molar-refractivity contribution in [3.8, 4) is 23.0 Å². The number of hydrogen-bond acceptors (Lipinski definition) is 17. The Balaban J connectivity index is 1.17. The highest BCUT2D eigenvalue weighted by Crippen LogP contribution is 2.29. The van der Waals surface area contributed by atoms with Gasteiger partial charge in [0, 0.05) is 39.8 Å². The van der Waals surface area contributed by atoms with Gasteiger partial charge in [0.25, 0.3) is 29.5 Å². The third kappa shape index (κ3) is 20.0. The van der Waals surface area contributed by atoms with Crippen LogP contribution in [0.4, 0.5) is 22.7 Å². The third-order valence-corrected chi connectivity index (χ3v) is 15.0. The van der Waals surface area contributed by atoms with Crippen LogP contribution < -0.4 is 90.2 Å². The maximum absolute atomic E-state index is 14.4. The lowest BCUT2D eigenvalue weighted by Crippen LogP contribution is -2.44. The van der Waals surface area contributed by atoms with Gasteiger partial charge in [0.15, 0.2) is 0 Å². The molecule has 9 amide bonds. The molecule has 27 heteroatoms. The Morgan fingerprint density at radius 3 is 0.957 bits per heavy atom. The Labute approximate surface area is 533 Å². The van der Waals surface area contributed by atoms with Crippen LogP contribution in [0.2, 0.25) is 0 Å². The lowest BCUT2D eigenvalue weighted by atomic mass is 10.0. The van der Waals surface area contributed by atoms with Crippen LogP contribution in [0.25, 0.3) is 10.9 Å². The van der Waals surface area contributed by atoms with Crippen molar-refractivity contribution in [3.63, 3.8) is 0 Å². The zero-order chi connectivity index (χ0) is 66.7. The molecule has 0 aliphatic carbocycles. The van der Waals surface area contributed by atoms with Gasteiger partial charge in [-0.05, 0) is 182 Å². The Kier molecular flexibility index (Phi) is 27.7. The molecule has 6 aromatic rings. The number of benzene rings is 5. The molecule has 0 saturated heterocycles. The molecule has 0 saturated carbocycles. The van der Waals surface area contributed by atoms with Gasteiger partial charge in [-0.25, -0.2) is 0 Å². The van der Waals surface area contributed by atoms with Crippen LogP contribution in [0.15, 0.2) is 103 Å². The number of unbranched alkanes of at least 4 members (excludes halogenated alkanes) is 4. The topological polar surface area (TPSA) is 433 Å². The molecular formula is C65H84N14O13. The summed E-state index contributed by atoms with van der Waals surface area (Å²) in [5.41, 5.74) is 30.4. The van der Waals surface area contributed by atoms with Gasteiger partial charge in [-0.3, -0.25) is 43.2 Å². The monoisotopic (exact) mass is 1270 g/mol. The first-order valence-corrected chi connectivity index (χ1v) is 30.3. The van der Waals surface area contributed by atoms with E-state index >= 15 is 0 Å². The highest BCUT2D eigenvalue weighted by molar-refractivity contribution is 6.10. The van der Waals surface area contributed by atoms with Crippen molar-refractivity contribution in [2.75, 3.05) is 75.9 Å². The van der Waals surface area contributed by atoms with Gasteiger partial charge in [0.05, 0.1) is 56.3 Å². The SMILES string of the molecule is COc1ccc(NC(=O)C(CCCCN)NC(=O)c2cc(NC(=O)C(CCCCN)NC(=O)c3cc(NC(=O)C(CCCCN)NC(=O)c4cc(NC(=O)C(CCCCN)NC(=O)c5c[nH]c6ccccc56)ccc4OC)ccc3OC)ccc2OC)cc1C(N)=O. The summed E-state index contributed by atoms with van der Waals surface area (Å²) < 4.78 is 21.9. The molecule has 92 heavy (non-hydrogen) atoms. The van der Waals surface area contributed by atoms with Crippen LogP contribution in [-0.4, -0.2) is 137 Å². The second-order valence-electron chi connectivity index (χ2n) is 21.5. The minimum atomic E-state index is -1.19. The van der Waals surface area contributed by atoms with E-state index in [0.29, 0.717) is 88.5 Å². The lowest BCUT2D eigenvalue weighted by molar-refractivity contribution is -0.118. The molecular weight excluding hydrogens is 1180 g/mol. The fraction of sp³-hybridized carbons (Fsp3) is 0.369. The van der Waals surface area contributed by atoms with Crippen LogP contribution >= 0.6 is 0 Å². The minimum absolute atomic E-state index is 0.0223. The van der Waals surface area contributed by atoms with Crippen molar-refractivity contribution in [3.05, 3.63) is 131 Å². The summed E-state index contributed by atoms with van der Waals surface area (Å²) in [4.78, 5) is 128. The summed E-state index contributed by atoms with van der Waals surface area (Å²) in [7, 11) is 5.42. The molecule has 0 spiro atoms. The molecule has 492 valence electrons. The standard InChI is InChI=1S/C65H84N14O13/c1-89-53-25-21-38(33-43(53)57(70)80)72-62(85)49(17-7-11-29-66)76-58(81)44-34-39(22-26-54(44)90-2)73-63(86)50(18-8-12-30-67)77-59(82)45-35-40(23-27-55(45)91-3)74-64(87)51(19-9-13-31-68)78-60(83)46-36-41(24-28-56(46)92-4)75-65(88)52(20-10-14-32-69)79-61(84)47-37-71-48-16-6-5-15-42(47)48/h5-6,15-16,21-28,33-37,49-52,71H,7-14,17-20,29-32,66-69H2,1-4H3,(H2,70,80)(H,72,85)(H,73,86)(H,74,87)(H,75,88)(H,76,81)(H,77,82)(H,78,83)(H,79,84). The van der Waals surface area contributed by atoms with Gasteiger partial charge in [0.1, 0.15) is 47.2 Å². The minimum Gasteiger partial charge on any atom is -0.496 e. The van der Waals surface area contributed by atoms with Gasteiger partial charge in [-0.15, -0.1) is 0 Å². The number of anilines is 4. The number of carbonyl (C=O) groups is 9. The Morgan fingerprint density at radius 1 is 0.380 bits per heavy atom. The number of hydrogen-bond donors (Lipinski definition) is 14. The fourth-order valence-electron chi connectivity index (χ4n) is 10.0. The van der Waals surface area contributed by atoms with E-state index in [1.807, 2.05) is 18.2 Å². The number of rotatable bonds is 37. The molecule has 0 fully saturated rings. The highest BCUT2D eigenvalue weighted by Gasteiger charge is 2.30. The van der Waals surface area contributed by atoms with Crippen molar-refractivity contribution in [1.29, 1.82) is 0 Å². The van der Waals surface area contributed by atoms with Gasteiger partial charge >= 0.3 is 0 Å². The first kappa shape index (κ1) is 71.0. The lowest BCUT2D eigenvalue weighted by Gasteiger charge is -2.22. The summed E-state index contributed by atoms with van der Waals surface area (Å²) in [5.74, 6) is -5.40. The summed E-state index contributed by atoms with van der Waals surface area (Å²) in [6.45, 7) is 1.33. The van der Waals surface area contributed by atoms with E-state index in [4.69, 9.17) is 47.6 Å². The van der Waals surface area contributed by atoms with Crippen LogP contribution in [0.5, 0.6) is 23.0 Å². The molecule has 5 aromatic carbocycles. The molecule has 1 heterocycles. The number of methoxy groups -OCH3 is 4. The first-order chi connectivity index (χ1) is 44.4.